The molecule has 0 saturated carbocycles. The van der Waals surface area contributed by atoms with Crippen LogP contribution in [-0.4, -0.2) is 84.7 Å². The molecule has 3 rings (SSSR count). The van der Waals surface area contributed by atoms with E-state index in [4.69, 9.17) is 14.6 Å². The van der Waals surface area contributed by atoms with Crippen LogP contribution in [0.25, 0.3) is 10.9 Å². The smallest absolute Gasteiger partial charge is 0.317 e. The number of ether oxygens (including phenoxy) is 2. The van der Waals surface area contributed by atoms with E-state index in [1.54, 1.807) is 25.2 Å². The molecule has 3 aromatic rings. The van der Waals surface area contributed by atoms with Gasteiger partial charge in [0, 0.05) is 30.2 Å². The van der Waals surface area contributed by atoms with Gasteiger partial charge in [0.1, 0.15) is 12.1 Å². The van der Waals surface area contributed by atoms with Gasteiger partial charge in [0.2, 0.25) is 11.8 Å². The summed E-state index contributed by atoms with van der Waals surface area (Å²) in [6, 6.07) is 11.3. The molecule has 0 atom stereocenters. The number of aliphatic carboxylic acids is 1. The third-order valence-corrected chi connectivity index (χ3v) is 6.74. The average Bonchev–Trinajstić information content (AvgIpc) is 2.98. The van der Waals surface area contributed by atoms with E-state index in [1.807, 2.05) is 37.3 Å². The number of carbonyl (C=O) groups excluding carboxylic acids is 2. The van der Waals surface area contributed by atoms with Crippen LogP contribution in [0.5, 0.6) is 11.5 Å². The highest BCUT2D eigenvalue weighted by Gasteiger charge is 2.13. The number of rotatable bonds is 19. The molecule has 0 bridgehead atoms. The van der Waals surface area contributed by atoms with Crippen LogP contribution in [0.1, 0.15) is 44.6 Å². The van der Waals surface area contributed by atoms with Gasteiger partial charge in [0.25, 0.3) is 0 Å². The maximum absolute atomic E-state index is 12.4. The summed E-state index contributed by atoms with van der Waals surface area (Å²) < 4.78 is 10.8. The van der Waals surface area contributed by atoms with Crippen molar-refractivity contribution in [3.8, 4) is 11.5 Å². The highest BCUT2D eigenvalue weighted by atomic mass is 16.5. The van der Waals surface area contributed by atoms with Crippen molar-refractivity contribution in [3.05, 3.63) is 48.3 Å². The topological polar surface area (TPSA) is 155 Å². The molecule has 0 saturated heterocycles. The maximum Gasteiger partial charge on any atom is 0.317 e. The number of nitrogens with one attached hydrogen (secondary N) is 3. The van der Waals surface area contributed by atoms with Crippen molar-refractivity contribution in [1.29, 1.82) is 0 Å². The zero-order chi connectivity index (χ0) is 31.0. The molecule has 0 unspecified atom stereocenters. The maximum atomic E-state index is 12.4. The Labute approximate surface area is 252 Å². The fourth-order valence-electron chi connectivity index (χ4n) is 4.61. The Morgan fingerprint density at radius 2 is 1.51 bits per heavy atom. The first-order valence-corrected chi connectivity index (χ1v) is 14.5. The van der Waals surface area contributed by atoms with Gasteiger partial charge in [0.05, 0.1) is 39.2 Å². The molecule has 0 spiro atoms. The number of hydrogen-bond acceptors (Lipinski definition) is 9. The summed E-state index contributed by atoms with van der Waals surface area (Å²) in [4.78, 5) is 45.7. The largest absolute Gasteiger partial charge is 0.493 e. The lowest BCUT2D eigenvalue weighted by Crippen LogP contribution is -2.40. The lowest BCUT2D eigenvalue weighted by Gasteiger charge is -2.18. The Kier molecular flexibility index (Phi) is 13.4. The summed E-state index contributed by atoms with van der Waals surface area (Å²) in [6.45, 7) is 3.63. The summed E-state index contributed by atoms with van der Waals surface area (Å²) in [5.74, 6) is 0.686. The molecule has 43 heavy (non-hydrogen) atoms. The standard InChI is InChI=1S/C31H42N6O6/c1-4-15-37(20-30(40)41)19-29(39)33-14-8-6-5-7-13-32-28(38)16-22-9-11-23(12-10-22)36-31-24-17-26(42-2)27(43-3)18-25(24)34-21-35-31/h9-12,17-18,21H,4-8,13-16,19-20H2,1-3H3,(H,32,38)(H,33,39)(H,40,41)(H,34,35,36). The molecule has 1 heterocycles. The van der Waals surface area contributed by atoms with Crippen molar-refractivity contribution in [3.63, 3.8) is 0 Å². The summed E-state index contributed by atoms with van der Waals surface area (Å²) in [6.07, 6.45) is 6.12. The summed E-state index contributed by atoms with van der Waals surface area (Å²) in [7, 11) is 3.16. The van der Waals surface area contributed by atoms with Crippen molar-refractivity contribution in [2.24, 2.45) is 0 Å². The second-order valence-electron chi connectivity index (χ2n) is 10.2. The van der Waals surface area contributed by atoms with Gasteiger partial charge in [-0.05, 0) is 49.6 Å². The van der Waals surface area contributed by atoms with Crippen molar-refractivity contribution >= 4 is 40.2 Å². The molecule has 0 aliphatic carbocycles. The van der Waals surface area contributed by atoms with Gasteiger partial charge in [-0.1, -0.05) is 31.9 Å². The van der Waals surface area contributed by atoms with E-state index in [0.717, 1.165) is 54.3 Å². The number of fused-ring (bicyclic) bond motifs is 1. The molecule has 0 radical (unpaired) electrons. The zero-order valence-corrected chi connectivity index (χ0v) is 25.1. The molecule has 0 fully saturated rings. The van der Waals surface area contributed by atoms with Crippen LogP contribution in [0.2, 0.25) is 0 Å². The summed E-state index contributed by atoms with van der Waals surface area (Å²) in [5.41, 5.74) is 2.45. The fraction of sp³-hybridized carbons (Fsp3) is 0.452. The Morgan fingerprint density at radius 1 is 0.860 bits per heavy atom. The average molecular weight is 595 g/mol. The number of methoxy groups -OCH3 is 2. The van der Waals surface area contributed by atoms with Gasteiger partial charge in [-0.2, -0.15) is 0 Å². The van der Waals surface area contributed by atoms with Gasteiger partial charge in [-0.3, -0.25) is 19.3 Å². The predicted octanol–water partition coefficient (Wildman–Crippen LogP) is 3.52. The lowest BCUT2D eigenvalue weighted by molar-refractivity contribution is -0.138. The first-order chi connectivity index (χ1) is 20.8. The van der Waals surface area contributed by atoms with Crippen LogP contribution in [0.3, 0.4) is 0 Å². The Bertz CT molecular complexity index is 1350. The fourth-order valence-corrected chi connectivity index (χ4v) is 4.61. The first-order valence-electron chi connectivity index (χ1n) is 14.5. The van der Waals surface area contributed by atoms with Crippen molar-refractivity contribution in [2.45, 2.75) is 45.4 Å². The number of carboxylic acids is 1. The molecule has 232 valence electrons. The second-order valence-corrected chi connectivity index (χ2v) is 10.2. The van der Waals surface area contributed by atoms with Crippen molar-refractivity contribution < 1.29 is 29.0 Å². The molecule has 0 aliphatic rings. The summed E-state index contributed by atoms with van der Waals surface area (Å²) in [5, 5.41) is 18.9. The summed E-state index contributed by atoms with van der Waals surface area (Å²) >= 11 is 0. The number of aromatic nitrogens is 2. The van der Waals surface area contributed by atoms with Crippen LogP contribution in [0, 0.1) is 0 Å². The molecule has 12 nitrogen and oxygen atoms in total. The van der Waals surface area contributed by atoms with Gasteiger partial charge in [-0.25, -0.2) is 9.97 Å². The number of benzene rings is 2. The minimum Gasteiger partial charge on any atom is -0.493 e. The zero-order valence-electron chi connectivity index (χ0n) is 25.1. The minimum absolute atomic E-state index is 0.0335. The van der Waals surface area contributed by atoms with Crippen molar-refractivity contribution in [2.75, 3.05) is 52.3 Å². The molecule has 0 aliphatic heterocycles. The van der Waals surface area contributed by atoms with E-state index >= 15 is 0 Å². The molecule has 1 aromatic heterocycles. The van der Waals surface area contributed by atoms with E-state index in [-0.39, 0.29) is 31.3 Å². The number of carbonyl (C=O) groups is 3. The van der Waals surface area contributed by atoms with E-state index in [9.17, 15) is 14.4 Å². The van der Waals surface area contributed by atoms with Crippen LogP contribution >= 0.6 is 0 Å². The lowest BCUT2D eigenvalue weighted by atomic mass is 10.1. The third-order valence-electron chi connectivity index (χ3n) is 6.74. The number of amides is 2. The molecular weight excluding hydrogens is 552 g/mol. The van der Waals surface area contributed by atoms with Crippen molar-refractivity contribution in [1.82, 2.24) is 25.5 Å². The van der Waals surface area contributed by atoms with E-state index in [1.165, 1.54) is 6.33 Å². The van der Waals surface area contributed by atoms with E-state index in [0.29, 0.717) is 37.0 Å². The Morgan fingerprint density at radius 3 is 2.14 bits per heavy atom. The Hall–Kier alpha value is -4.45. The number of carboxylic acid groups (broad SMARTS) is 1. The van der Waals surface area contributed by atoms with Gasteiger partial charge < -0.3 is 30.5 Å². The van der Waals surface area contributed by atoms with Gasteiger partial charge in [0.15, 0.2) is 11.5 Å². The quantitative estimate of drug-likeness (QED) is 0.152. The van der Waals surface area contributed by atoms with E-state index < -0.39 is 5.97 Å². The Balaban J connectivity index is 1.33. The highest BCUT2D eigenvalue weighted by Crippen LogP contribution is 2.34. The number of nitrogens with zero attached hydrogens (tertiary/aromatic N) is 3. The highest BCUT2D eigenvalue weighted by molar-refractivity contribution is 5.93. The molecule has 2 amide bonds. The number of hydrogen-bond donors (Lipinski definition) is 4. The van der Waals surface area contributed by atoms with Crippen LogP contribution in [0.15, 0.2) is 42.7 Å². The first kappa shape index (κ1) is 33.1. The second kappa shape index (κ2) is 17.5. The monoisotopic (exact) mass is 594 g/mol. The molecule has 4 N–H and O–H groups in total. The minimum atomic E-state index is -0.934. The van der Waals surface area contributed by atoms with E-state index in [2.05, 4.69) is 25.9 Å². The third kappa shape index (κ3) is 11.0. The van der Waals surface area contributed by atoms with Crippen LogP contribution in [0.4, 0.5) is 11.5 Å². The SMILES string of the molecule is CCCN(CC(=O)O)CC(=O)NCCCCCCNC(=O)Cc1ccc(Nc2ncnc3cc(OC)c(OC)cc23)cc1. The molecule has 12 heteroatoms. The van der Waals surface area contributed by atoms with Crippen LogP contribution < -0.4 is 25.4 Å². The van der Waals surface area contributed by atoms with Crippen LogP contribution in [-0.2, 0) is 20.8 Å². The van der Waals surface area contributed by atoms with Gasteiger partial charge in [-0.15, -0.1) is 0 Å². The molecular formula is C31H42N6O6. The number of unbranched alkanes of at least 4 members (excludes halogenated alkanes) is 3. The predicted molar refractivity (Wildman–Crippen MR) is 165 cm³/mol. The normalized spacial score (nSPS) is 10.9. The van der Waals surface area contributed by atoms with Gasteiger partial charge >= 0.3 is 5.97 Å². The number of anilines is 2. The molecule has 2 aromatic carbocycles.